The molecule has 22 heavy (non-hydrogen) atoms. The summed E-state index contributed by atoms with van der Waals surface area (Å²) in [6.45, 7) is 9.53. The van der Waals surface area contributed by atoms with Crippen molar-refractivity contribution in [1.82, 2.24) is 10.6 Å². The summed E-state index contributed by atoms with van der Waals surface area (Å²) in [5.41, 5.74) is 3.27. The molecule has 0 aromatic carbocycles. The molecule has 0 aliphatic heterocycles. The summed E-state index contributed by atoms with van der Waals surface area (Å²) in [5.74, 6) is -0.249. The van der Waals surface area contributed by atoms with Gasteiger partial charge < -0.3 is 30.6 Å². The van der Waals surface area contributed by atoms with Crippen molar-refractivity contribution in [3.05, 3.63) is 0 Å². The van der Waals surface area contributed by atoms with Crippen LogP contribution < -0.4 is 16.4 Å². The van der Waals surface area contributed by atoms with E-state index in [-0.39, 0.29) is 12.4 Å². The molecule has 0 aliphatic rings. The second-order valence-electron chi connectivity index (χ2n) is 5.60. The molecule has 0 saturated carbocycles. The first-order valence-corrected chi connectivity index (χ1v) is 7.94. The Labute approximate surface area is 138 Å². The van der Waals surface area contributed by atoms with Gasteiger partial charge in [-0.2, -0.15) is 0 Å². The van der Waals surface area contributed by atoms with E-state index in [4.69, 9.17) is 26.4 Å². The lowest BCUT2D eigenvalue weighted by Gasteiger charge is -2.19. The van der Waals surface area contributed by atoms with Gasteiger partial charge in [-0.15, -0.1) is 0 Å². The van der Waals surface area contributed by atoms with Crippen molar-refractivity contribution in [3.8, 4) is 0 Å². The van der Waals surface area contributed by atoms with Gasteiger partial charge in [-0.3, -0.25) is 4.79 Å². The van der Waals surface area contributed by atoms with Gasteiger partial charge in [-0.25, -0.2) is 0 Å². The molecule has 0 fully saturated rings. The maximum Gasteiger partial charge on any atom is 0.308 e. The van der Waals surface area contributed by atoms with Crippen molar-refractivity contribution in [2.75, 3.05) is 46.1 Å². The fourth-order valence-electron chi connectivity index (χ4n) is 1.37. The third-order valence-corrected chi connectivity index (χ3v) is 2.53. The summed E-state index contributed by atoms with van der Waals surface area (Å²) >= 11 is 5.04. The summed E-state index contributed by atoms with van der Waals surface area (Å²) < 4.78 is 15.8. The fourth-order valence-corrected chi connectivity index (χ4v) is 1.58. The molecule has 0 heterocycles. The number of rotatable bonds is 11. The standard InChI is InChI=1S/C14H29N3O4S/c1-14(2,3)21-12(18)4-8-19-10-11-20-9-7-17-13(22)16-6-5-15/h4-11,15H2,1-3H3,(H2,16,17,22)/p+1. The topological polar surface area (TPSA) is 96.5 Å². The highest BCUT2D eigenvalue weighted by atomic mass is 32.1. The predicted molar refractivity (Wildman–Crippen MR) is 88.5 cm³/mol. The third kappa shape index (κ3) is 15.4. The Morgan fingerprint density at radius 3 is 2.23 bits per heavy atom. The highest BCUT2D eigenvalue weighted by Crippen LogP contribution is 2.07. The summed E-state index contributed by atoms with van der Waals surface area (Å²) in [6, 6.07) is 0. The predicted octanol–water partition coefficient (Wildman–Crippen LogP) is -0.543. The zero-order chi connectivity index (χ0) is 16.8. The minimum Gasteiger partial charge on any atom is -0.460 e. The molecule has 0 atom stereocenters. The van der Waals surface area contributed by atoms with Crippen LogP contribution in [0.15, 0.2) is 0 Å². The second kappa shape index (κ2) is 12.6. The molecule has 7 nitrogen and oxygen atoms in total. The Kier molecular flexibility index (Phi) is 12.0. The Bertz CT molecular complexity index is 322. The molecule has 0 aromatic rings. The van der Waals surface area contributed by atoms with E-state index in [1.165, 1.54) is 0 Å². The van der Waals surface area contributed by atoms with Crippen LogP contribution in [0.4, 0.5) is 0 Å². The van der Waals surface area contributed by atoms with E-state index < -0.39 is 5.60 Å². The lowest BCUT2D eigenvalue weighted by molar-refractivity contribution is -0.364. The zero-order valence-electron chi connectivity index (χ0n) is 13.9. The minimum absolute atomic E-state index is 0.249. The van der Waals surface area contributed by atoms with Crippen molar-refractivity contribution in [1.29, 1.82) is 0 Å². The van der Waals surface area contributed by atoms with Crippen molar-refractivity contribution in [2.45, 2.75) is 32.8 Å². The lowest BCUT2D eigenvalue weighted by Crippen LogP contribution is -2.55. The SMILES string of the molecule is CC(C)(C)OC(=O)CCOCCOCCNC(=S)NCC[NH3+]. The van der Waals surface area contributed by atoms with E-state index in [0.717, 1.165) is 13.1 Å². The van der Waals surface area contributed by atoms with Crippen LogP contribution in [0.5, 0.6) is 0 Å². The molecule has 0 radical (unpaired) electrons. The van der Waals surface area contributed by atoms with Gasteiger partial charge >= 0.3 is 5.97 Å². The molecule has 0 unspecified atom stereocenters. The van der Waals surface area contributed by atoms with Crippen LogP contribution >= 0.6 is 12.2 Å². The maximum absolute atomic E-state index is 11.4. The highest BCUT2D eigenvalue weighted by molar-refractivity contribution is 7.80. The maximum atomic E-state index is 11.4. The van der Waals surface area contributed by atoms with Crippen LogP contribution in [0, 0.1) is 0 Å². The molecule has 0 aliphatic carbocycles. The zero-order valence-corrected chi connectivity index (χ0v) is 14.7. The number of thiocarbonyl (C=S) groups is 1. The van der Waals surface area contributed by atoms with Crippen LogP contribution in [0.1, 0.15) is 27.2 Å². The van der Waals surface area contributed by atoms with Crippen molar-refractivity contribution in [2.24, 2.45) is 0 Å². The van der Waals surface area contributed by atoms with Crippen molar-refractivity contribution in [3.63, 3.8) is 0 Å². The minimum atomic E-state index is -0.448. The van der Waals surface area contributed by atoms with Gasteiger partial charge in [-0.05, 0) is 33.0 Å². The molecule has 0 aromatic heterocycles. The molecule has 0 rings (SSSR count). The summed E-state index contributed by atoms with van der Waals surface area (Å²) in [4.78, 5) is 11.4. The first-order chi connectivity index (χ1) is 10.3. The van der Waals surface area contributed by atoms with E-state index in [0.29, 0.717) is 38.1 Å². The Balaban J connectivity index is 3.30. The molecular weight excluding hydrogens is 306 g/mol. The van der Waals surface area contributed by atoms with Gasteiger partial charge in [0, 0.05) is 6.54 Å². The van der Waals surface area contributed by atoms with Gasteiger partial charge in [-0.1, -0.05) is 0 Å². The molecule has 0 saturated heterocycles. The van der Waals surface area contributed by atoms with Gasteiger partial charge in [0.1, 0.15) is 5.60 Å². The van der Waals surface area contributed by atoms with Crippen molar-refractivity contribution < 1.29 is 24.7 Å². The first kappa shape index (κ1) is 21.0. The molecule has 5 N–H and O–H groups in total. The molecular formula is C14H30N3O4S+. The summed E-state index contributed by atoms with van der Waals surface area (Å²) in [5, 5.41) is 6.65. The van der Waals surface area contributed by atoms with Gasteiger partial charge in [0.2, 0.25) is 0 Å². The second-order valence-corrected chi connectivity index (χ2v) is 6.01. The number of hydrogen-bond donors (Lipinski definition) is 3. The average molecular weight is 336 g/mol. The van der Waals surface area contributed by atoms with Crippen LogP contribution in [-0.2, 0) is 19.0 Å². The number of quaternary nitrogens is 1. The third-order valence-electron chi connectivity index (χ3n) is 2.24. The molecule has 0 amide bonds. The number of nitrogens with one attached hydrogen (secondary N) is 2. The normalized spacial score (nSPS) is 11.1. The number of ether oxygens (including phenoxy) is 3. The van der Waals surface area contributed by atoms with E-state index in [1.54, 1.807) is 0 Å². The lowest BCUT2D eigenvalue weighted by atomic mass is 10.2. The Morgan fingerprint density at radius 1 is 1.05 bits per heavy atom. The van der Waals surface area contributed by atoms with Crippen LogP contribution in [0.3, 0.4) is 0 Å². The number of esters is 1. The summed E-state index contributed by atoms with van der Waals surface area (Å²) in [7, 11) is 0. The molecule has 130 valence electrons. The smallest absolute Gasteiger partial charge is 0.308 e. The Morgan fingerprint density at radius 2 is 1.64 bits per heavy atom. The largest absolute Gasteiger partial charge is 0.460 e. The van der Waals surface area contributed by atoms with E-state index in [1.807, 2.05) is 20.8 Å². The van der Waals surface area contributed by atoms with Gasteiger partial charge in [0.25, 0.3) is 0 Å². The summed E-state index contributed by atoms with van der Waals surface area (Å²) in [6.07, 6.45) is 0.255. The average Bonchev–Trinajstić information content (AvgIpc) is 2.41. The molecule has 0 spiro atoms. The van der Waals surface area contributed by atoms with E-state index in [2.05, 4.69) is 16.4 Å². The number of hydrogen-bond acceptors (Lipinski definition) is 5. The van der Waals surface area contributed by atoms with Crippen LogP contribution in [0.2, 0.25) is 0 Å². The number of carbonyl (C=O) groups is 1. The first-order valence-electron chi connectivity index (χ1n) is 7.53. The van der Waals surface area contributed by atoms with Gasteiger partial charge in [0.05, 0.1) is 45.9 Å². The van der Waals surface area contributed by atoms with Crippen LogP contribution in [0.25, 0.3) is 0 Å². The molecule has 8 heteroatoms. The highest BCUT2D eigenvalue weighted by Gasteiger charge is 2.15. The molecule has 0 bridgehead atoms. The van der Waals surface area contributed by atoms with Gasteiger partial charge in [0.15, 0.2) is 5.11 Å². The van der Waals surface area contributed by atoms with Crippen molar-refractivity contribution >= 4 is 23.3 Å². The quantitative estimate of drug-likeness (QED) is 0.265. The van der Waals surface area contributed by atoms with E-state index in [9.17, 15) is 4.79 Å². The fraction of sp³-hybridized carbons (Fsp3) is 0.857. The van der Waals surface area contributed by atoms with E-state index >= 15 is 0 Å². The number of carbonyl (C=O) groups excluding carboxylic acids is 1. The Hall–Kier alpha value is -0.960. The monoisotopic (exact) mass is 336 g/mol. The van der Waals surface area contributed by atoms with Crippen LogP contribution in [-0.4, -0.2) is 62.7 Å².